The number of rotatable bonds is 5. The largest absolute Gasteiger partial charge is 0.488 e. The Labute approximate surface area is 130 Å². The molecule has 2 atom stereocenters. The van der Waals surface area contributed by atoms with E-state index in [9.17, 15) is 0 Å². The molecule has 4 nitrogen and oxygen atoms in total. The number of benzene rings is 1. The number of nitrogens with one attached hydrogen (secondary N) is 1. The van der Waals surface area contributed by atoms with Crippen molar-refractivity contribution in [3.8, 4) is 5.75 Å². The summed E-state index contributed by atoms with van der Waals surface area (Å²) in [5.41, 5.74) is 2.27. The van der Waals surface area contributed by atoms with Gasteiger partial charge in [0.1, 0.15) is 11.9 Å². The summed E-state index contributed by atoms with van der Waals surface area (Å²) in [4.78, 5) is 0. The molecule has 112 valence electrons. The number of aromatic nitrogens is 2. The highest BCUT2D eigenvalue weighted by Crippen LogP contribution is 2.36. The Balaban J connectivity index is 1.91. The lowest BCUT2D eigenvalue weighted by atomic mass is 10.0. The molecule has 2 heterocycles. The van der Waals surface area contributed by atoms with Gasteiger partial charge in [-0.05, 0) is 25.1 Å². The molecule has 0 saturated heterocycles. The molecule has 1 N–H and O–H groups in total. The lowest BCUT2D eigenvalue weighted by molar-refractivity contribution is 0.174. The molecule has 0 spiro atoms. The minimum Gasteiger partial charge on any atom is -0.488 e. The molecule has 0 radical (unpaired) electrons. The third-order valence-electron chi connectivity index (χ3n) is 3.90. The van der Waals surface area contributed by atoms with Gasteiger partial charge < -0.3 is 10.1 Å². The number of ether oxygens (including phenoxy) is 1. The van der Waals surface area contributed by atoms with Gasteiger partial charge in [-0.15, -0.1) is 0 Å². The van der Waals surface area contributed by atoms with Crippen molar-refractivity contribution in [2.24, 2.45) is 0 Å². The highest BCUT2D eigenvalue weighted by Gasteiger charge is 2.34. The summed E-state index contributed by atoms with van der Waals surface area (Å²) in [6, 6.07) is 8.24. The summed E-state index contributed by atoms with van der Waals surface area (Å²) in [5.74, 6) is 0.976. The van der Waals surface area contributed by atoms with Crippen LogP contribution in [0.1, 0.15) is 31.1 Å². The summed E-state index contributed by atoms with van der Waals surface area (Å²) >= 11 is 6.37. The number of para-hydroxylation sites is 1. The zero-order valence-corrected chi connectivity index (χ0v) is 13.1. The molecular weight excluding hydrogens is 286 g/mol. The second-order valence-corrected chi connectivity index (χ2v) is 5.60. The van der Waals surface area contributed by atoms with Gasteiger partial charge in [0, 0.05) is 13.0 Å². The molecule has 2 aromatic rings. The first-order chi connectivity index (χ1) is 10.2. The monoisotopic (exact) mass is 305 g/mol. The van der Waals surface area contributed by atoms with Gasteiger partial charge in [-0.3, -0.25) is 4.68 Å². The molecule has 0 fully saturated rings. The van der Waals surface area contributed by atoms with E-state index in [-0.39, 0.29) is 12.1 Å². The van der Waals surface area contributed by atoms with Gasteiger partial charge in [-0.1, -0.05) is 36.7 Å². The Hall–Kier alpha value is -1.52. The van der Waals surface area contributed by atoms with Crippen LogP contribution in [-0.2, 0) is 13.0 Å². The quantitative estimate of drug-likeness (QED) is 0.922. The molecule has 0 saturated carbocycles. The van der Waals surface area contributed by atoms with E-state index in [0.717, 1.165) is 31.0 Å². The van der Waals surface area contributed by atoms with Crippen molar-refractivity contribution < 1.29 is 4.74 Å². The van der Waals surface area contributed by atoms with Crippen molar-refractivity contribution in [1.29, 1.82) is 0 Å². The van der Waals surface area contributed by atoms with Crippen molar-refractivity contribution in [2.45, 2.75) is 39.0 Å². The summed E-state index contributed by atoms with van der Waals surface area (Å²) in [5, 5.41) is 8.55. The molecule has 0 amide bonds. The molecule has 5 heteroatoms. The SMILES string of the molecule is CCNC(c1c(Cl)cnn1CC)C1Cc2ccccc2O1. The summed E-state index contributed by atoms with van der Waals surface area (Å²) in [6.07, 6.45) is 2.65. The molecule has 21 heavy (non-hydrogen) atoms. The minimum absolute atomic E-state index is 0.0392. The molecule has 2 unspecified atom stereocenters. The van der Waals surface area contributed by atoms with Crippen molar-refractivity contribution in [3.63, 3.8) is 0 Å². The Kier molecular flexibility index (Phi) is 4.17. The van der Waals surface area contributed by atoms with Crippen molar-refractivity contribution in [2.75, 3.05) is 6.54 Å². The van der Waals surface area contributed by atoms with Crippen LogP contribution in [0.15, 0.2) is 30.5 Å². The molecule has 3 rings (SSSR count). The minimum atomic E-state index is 0.0392. The molecule has 1 aromatic carbocycles. The third-order valence-corrected chi connectivity index (χ3v) is 4.19. The number of likely N-dealkylation sites (N-methyl/N-ethyl adjacent to an activating group) is 1. The Bertz CT molecular complexity index is 601. The molecular formula is C16H20ClN3O. The number of hydrogen-bond acceptors (Lipinski definition) is 3. The number of hydrogen-bond donors (Lipinski definition) is 1. The Morgan fingerprint density at radius 1 is 1.43 bits per heavy atom. The first-order valence-corrected chi connectivity index (χ1v) is 7.81. The van der Waals surface area contributed by atoms with Gasteiger partial charge in [-0.25, -0.2) is 0 Å². The fourth-order valence-electron chi connectivity index (χ4n) is 2.95. The topological polar surface area (TPSA) is 39.1 Å². The smallest absolute Gasteiger partial charge is 0.124 e. The van der Waals surface area contributed by atoms with Crippen LogP contribution in [-0.4, -0.2) is 22.4 Å². The third kappa shape index (κ3) is 2.65. The van der Waals surface area contributed by atoms with Crippen LogP contribution in [0.2, 0.25) is 5.02 Å². The van der Waals surface area contributed by atoms with Gasteiger partial charge in [-0.2, -0.15) is 5.10 Å². The van der Waals surface area contributed by atoms with Crippen LogP contribution in [0.25, 0.3) is 0 Å². The first-order valence-electron chi connectivity index (χ1n) is 7.43. The lowest BCUT2D eigenvalue weighted by Gasteiger charge is -2.25. The summed E-state index contributed by atoms with van der Waals surface area (Å²) < 4.78 is 8.08. The van der Waals surface area contributed by atoms with Crippen LogP contribution < -0.4 is 10.1 Å². The number of halogens is 1. The lowest BCUT2D eigenvalue weighted by Crippen LogP contribution is -2.36. The van der Waals surface area contributed by atoms with Crippen molar-refractivity contribution in [3.05, 3.63) is 46.7 Å². The number of fused-ring (bicyclic) bond motifs is 1. The Morgan fingerprint density at radius 3 is 2.95 bits per heavy atom. The van der Waals surface area contributed by atoms with Crippen LogP contribution in [0.4, 0.5) is 0 Å². The van der Waals surface area contributed by atoms with E-state index in [1.807, 2.05) is 16.8 Å². The zero-order chi connectivity index (χ0) is 14.8. The molecule has 1 aliphatic rings. The molecule has 0 aliphatic carbocycles. The number of aryl methyl sites for hydroxylation is 1. The maximum atomic E-state index is 6.37. The predicted octanol–water partition coefficient (Wildman–Crippen LogP) is 3.21. The van der Waals surface area contributed by atoms with Crippen molar-refractivity contribution in [1.82, 2.24) is 15.1 Å². The van der Waals surface area contributed by atoms with E-state index in [2.05, 4.69) is 36.4 Å². The number of nitrogens with zero attached hydrogens (tertiary/aromatic N) is 2. The van der Waals surface area contributed by atoms with E-state index in [4.69, 9.17) is 16.3 Å². The van der Waals surface area contributed by atoms with Gasteiger partial charge >= 0.3 is 0 Å². The fraction of sp³-hybridized carbons (Fsp3) is 0.438. The zero-order valence-electron chi connectivity index (χ0n) is 12.3. The van der Waals surface area contributed by atoms with E-state index in [1.54, 1.807) is 6.20 Å². The van der Waals surface area contributed by atoms with E-state index < -0.39 is 0 Å². The maximum Gasteiger partial charge on any atom is 0.124 e. The fourth-order valence-corrected chi connectivity index (χ4v) is 3.21. The van der Waals surface area contributed by atoms with Gasteiger partial charge in [0.05, 0.1) is 23.0 Å². The van der Waals surface area contributed by atoms with E-state index >= 15 is 0 Å². The average Bonchev–Trinajstić information content (AvgIpc) is 3.08. The van der Waals surface area contributed by atoms with Crippen molar-refractivity contribution >= 4 is 11.6 Å². The summed E-state index contributed by atoms with van der Waals surface area (Å²) in [6.45, 7) is 5.81. The van der Waals surface area contributed by atoms with Gasteiger partial charge in [0.25, 0.3) is 0 Å². The van der Waals surface area contributed by atoms with Crippen LogP contribution in [0, 0.1) is 0 Å². The van der Waals surface area contributed by atoms with Crippen LogP contribution in [0.3, 0.4) is 0 Å². The normalized spacial score (nSPS) is 18.3. The van der Waals surface area contributed by atoms with Crippen LogP contribution in [0.5, 0.6) is 5.75 Å². The first kappa shape index (κ1) is 14.4. The van der Waals surface area contributed by atoms with Gasteiger partial charge in [0.15, 0.2) is 0 Å². The van der Waals surface area contributed by atoms with E-state index in [1.165, 1.54) is 5.56 Å². The predicted molar refractivity (Wildman–Crippen MR) is 83.9 cm³/mol. The van der Waals surface area contributed by atoms with E-state index in [0.29, 0.717) is 5.02 Å². The second-order valence-electron chi connectivity index (χ2n) is 5.20. The molecule has 0 bridgehead atoms. The standard InChI is InChI=1S/C16H20ClN3O/c1-3-18-15(16-12(17)10-19-20(16)4-2)14-9-11-7-5-6-8-13(11)21-14/h5-8,10,14-15,18H,3-4,9H2,1-2H3. The molecule has 1 aromatic heterocycles. The maximum absolute atomic E-state index is 6.37. The molecule has 1 aliphatic heterocycles. The van der Waals surface area contributed by atoms with Gasteiger partial charge in [0.2, 0.25) is 0 Å². The summed E-state index contributed by atoms with van der Waals surface area (Å²) in [7, 11) is 0. The average molecular weight is 306 g/mol. The van der Waals surface area contributed by atoms with Crippen LogP contribution >= 0.6 is 11.6 Å². The highest BCUT2D eigenvalue weighted by atomic mass is 35.5. The second kappa shape index (κ2) is 6.08. The highest BCUT2D eigenvalue weighted by molar-refractivity contribution is 6.31. The Morgan fingerprint density at radius 2 is 2.24 bits per heavy atom.